The molecule has 2 amide bonds. The Balaban J connectivity index is 1.75. The van der Waals surface area contributed by atoms with Crippen LogP contribution in [0.5, 0.6) is 0 Å². The number of hydrogen-bond donors (Lipinski definition) is 2. The zero-order valence-electron chi connectivity index (χ0n) is 12.3. The van der Waals surface area contributed by atoms with Crippen LogP contribution in [0.1, 0.15) is 38.5 Å². The Kier molecular flexibility index (Phi) is 6.52. The molecule has 1 fully saturated rings. The van der Waals surface area contributed by atoms with Gasteiger partial charge in [0.25, 0.3) is 0 Å². The maximum Gasteiger partial charge on any atom is 0.313 e. The lowest BCUT2D eigenvalue weighted by Gasteiger charge is -2.21. The van der Waals surface area contributed by atoms with Gasteiger partial charge in [0.2, 0.25) is 0 Å². The highest BCUT2D eigenvalue weighted by molar-refractivity contribution is 6.40. The number of rotatable bonds is 4. The van der Waals surface area contributed by atoms with Gasteiger partial charge in [0.1, 0.15) is 0 Å². The Morgan fingerprint density at radius 1 is 1.00 bits per heavy atom. The molecular weight excluding hydrogens is 323 g/mol. The predicted molar refractivity (Wildman–Crippen MR) is 89.3 cm³/mol. The van der Waals surface area contributed by atoms with E-state index in [4.69, 9.17) is 23.2 Å². The van der Waals surface area contributed by atoms with E-state index in [0.717, 1.165) is 6.42 Å². The fourth-order valence-corrected chi connectivity index (χ4v) is 3.29. The van der Waals surface area contributed by atoms with E-state index in [1.54, 1.807) is 18.2 Å². The molecule has 0 saturated heterocycles. The first-order valence-corrected chi connectivity index (χ1v) is 8.35. The van der Waals surface area contributed by atoms with Gasteiger partial charge in [0.05, 0.1) is 0 Å². The third-order valence-electron chi connectivity index (χ3n) is 3.89. The topological polar surface area (TPSA) is 58.2 Å². The quantitative estimate of drug-likeness (QED) is 0.812. The number of amides is 2. The summed E-state index contributed by atoms with van der Waals surface area (Å²) >= 11 is 11.7. The molecule has 1 aliphatic carbocycles. The van der Waals surface area contributed by atoms with Crippen molar-refractivity contribution in [1.82, 2.24) is 5.32 Å². The Labute approximate surface area is 140 Å². The summed E-state index contributed by atoms with van der Waals surface area (Å²) in [5.41, 5.74) is 0.407. The van der Waals surface area contributed by atoms with Crippen molar-refractivity contribution in [1.29, 1.82) is 0 Å². The van der Waals surface area contributed by atoms with Gasteiger partial charge in [-0.1, -0.05) is 55.3 Å². The van der Waals surface area contributed by atoms with Crippen molar-refractivity contribution in [3.8, 4) is 0 Å². The molecule has 0 aromatic heterocycles. The molecule has 4 nitrogen and oxygen atoms in total. The Bertz CT molecular complexity index is 523. The zero-order valence-corrected chi connectivity index (χ0v) is 13.8. The number of anilines is 1. The number of carbonyl (C=O) groups excluding carboxylic acids is 2. The van der Waals surface area contributed by atoms with Crippen molar-refractivity contribution >= 4 is 40.7 Å². The monoisotopic (exact) mass is 342 g/mol. The molecule has 22 heavy (non-hydrogen) atoms. The van der Waals surface area contributed by atoms with Gasteiger partial charge < -0.3 is 10.6 Å². The summed E-state index contributed by atoms with van der Waals surface area (Å²) in [5.74, 6) is -0.669. The molecule has 0 radical (unpaired) electrons. The summed E-state index contributed by atoms with van der Waals surface area (Å²) in [6, 6.07) is 4.64. The smallest absolute Gasteiger partial charge is 0.313 e. The van der Waals surface area contributed by atoms with Crippen LogP contribution in [0, 0.1) is 5.92 Å². The second kappa shape index (κ2) is 8.39. The SMILES string of the molecule is O=C(NCCC1CCCCC1)C(=O)Nc1cc(Cl)cc(Cl)c1. The van der Waals surface area contributed by atoms with E-state index in [1.165, 1.54) is 32.1 Å². The molecule has 1 aliphatic rings. The number of halogens is 2. The van der Waals surface area contributed by atoms with Gasteiger partial charge in [-0.3, -0.25) is 9.59 Å². The number of carbonyl (C=O) groups is 2. The molecule has 120 valence electrons. The van der Waals surface area contributed by atoms with Crippen LogP contribution in [0.25, 0.3) is 0 Å². The highest BCUT2D eigenvalue weighted by atomic mass is 35.5. The van der Waals surface area contributed by atoms with E-state index in [1.807, 2.05) is 0 Å². The van der Waals surface area contributed by atoms with Crippen LogP contribution in [0.2, 0.25) is 10.0 Å². The molecule has 0 heterocycles. The Hall–Kier alpha value is -1.26. The highest BCUT2D eigenvalue weighted by Gasteiger charge is 2.16. The summed E-state index contributed by atoms with van der Waals surface area (Å²) < 4.78 is 0. The molecule has 1 saturated carbocycles. The minimum atomic E-state index is -0.707. The van der Waals surface area contributed by atoms with Gasteiger partial charge >= 0.3 is 11.8 Å². The zero-order chi connectivity index (χ0) is 15.9. The predicted octanol–water partition coefficient (Wildman–Crippen LogP) is 4.02. The van der Waals surface area contributed by atoms with E-state index in [2.05, 4.69) is 10.6 Å². The molecule has 2 rings (SSSR count). The van der Waals surface area contributed by atoms with Gasteiger partial charge in [-0.2, -0.15) is 0 Å². The average molecular weight is 343 g/mol. The molecular formula is C16H20Cl2N2O2. The number of hydrogen-bond acceptors (Lipinski definition) is 2. The van der Waals surface area contributed by atoms with Crippen LogP contribution >= 0.6 is 23.2 Å². The van der Waals surface area contributed by atoms with E-state index in [-0.39, 0.29) is 0 Å². The minimum absolute atomic E-state index is 0.403. The lowest BCUT2D eigenvalue weighted by molar-refractivity contribution is -0.136. The Morgan fingerprint density at radius 3 is 2.27 bits per heavy atom. The van der Waals surface area contributed by atoms with Crippen LogP contribution in [0.4, 0.5) is 5.69 Å². The fraction of sp³-hybridized carbons (Fsp3) is 0.500. The normalized spacial score (nSPS) is 15.4. The summed E-state index contributed by atoms with van der Waals surface area (Å²) in [5, 5.41) is 5.96. The van der Waals surface area contributed by atoms with E-state index < -0.39 is 11.8 Å². The number of nitrogens with one attached hydrogen (secondary N) is 2. The minimum Gasteiger partial charge on any atom is -0.348 e. The molecule has 0 atom stereocenters. The lowest BCUT2D eigenvalue weighted by atomic mass is 9.87. The molecule has 6 heteroatoms. The van der Waals surface area contributed by atoms with Crippen LogP contribution < -0.4 is 10.6 Å². The molecule has 1 aromatic rings. The van der Waals surface area contributed by atoms with Crippen molar-refractivity contribution in [3.63, 3.8) is 0 Å². The van der Waals surface area contributed by atoms with E-state index >= 15 is 0 Å². The van der Waals surface area contributed by atoms with Crippen molar-refractivity contribution in [2.45, 2.75) is 38.5 Å². The first-order valence-electron chi connectivity index (χ1n) is 7.60. The highest BCUT2D eigenvalue weighted by Crippen LogP contribution is 2.25. The van der Waals surface area contributed by atoms with Gasteiger partial charge in [-0.05, 0) is 30.5 Å². The molecule has 0 bridgehead atoms. The standard InChI is InChI=1S/C16H20Cl2N2O2/c17-12-8-13(18)10-14(9-12)20-16(22)15(21)19-7-6-11-4-2-1-3-5-11/h8-11H,1-7H2,(H,19,21)(H,20,22). The number of benzene rings is 1. The van der Waals surface area contributed by atoms with Gasteiger partial charge in [0, 0.05) is 22.3 Å². The van der Waals surface area contributed by atoms with Gasteiger partial charge in [0.15, 0.2) is 0 Å². The van der Waals surface area contributed by atoms with Crippen molar-refractivity contribution < 1.29 is 9.59 Å². The van der Waals surface area contributed by atoms with Crippen LogP contribution in [0.15, 0.2) is 18.2 Å². The second-order valence-corrected chi connectivity index (χ2v) is 6.53. The summed E-state index contributed by atoms with van der Waals surface area (Å²) in [6.45, 7) is 0.535. The summed E-state index contributed by atoms with van der Waals surface area (Å²) in [6.07, 6.45) is 7.24. The molecule has 0 unspecified atom stereocenters. The first-order chi connectivity index (χ1) is 10.5. The maximum absolute atomic E-state index is 11.8. The molecule has 0 aliphatic heterocycles. The van der Waals surface area contributed by atoms with E-state index in [0.29, 0.717) is 28.2 Å². The first kappa shape index (κ1) is 17.1. The van der Waals surface area contributed by atoms with Crippen LogP contribution in [0.3, 0.4) is 0 Å². The molecule has 1 aromatic carbocycles. The van der Waals surface area contributed by atoms with Crippen molar-refractivity contribution in [3.05, 3.63) is 28.2 Å². The van der Waals surface area contributed by atoms with E-state index in [9.17, 15) is 9.59 Å². The van der Waals surface area contributed by atoms with Gasteiger partial charge in [-0.15, -0.1) is 0 Å². The van der Waals surface area contributed by atoms with Gasteiger partial charge in [-0.25, -0.2) is 0 Å². The largest absolute Gasteiger partial charge is 0.348 e. The Morgan fingerprint density at radius 2 is 1.64 bits per heavy atom. The lowest BCUT2D eigenvalue weighted by Crippen LogP contribution is -2.36. The third kappa shape index (κ3) is 5.50. The van der Waals surface area contributed by atoms with Crippen molar-refractivity contribution in [2.24, 2.45) is 5.92 Å². The third-order valence-corrected chi connectivity index (χ3v) is 4.33. The van der Waals surface area contributed by atoms with Crippen LogP contribution in [-0.2, 0) is 9.59 Å². The summed E-state index contributed by atoms with van der Waals surface area (Å²) in [4.78, 5) is 23.6. The average Bonchev–Trinajstić information content (AvgIpc) is 2.47. The second-order valence-electron chi connectivity index (χ2n) is 5.66. The summed E-state index contributed by atoms with van der Waals surface area (Å²) in [7, 11) is 0. The fourth-order valence-electron chi connectivity index (χ4n) is 2.76. The molecule has 0 spiro atoms. The van der Waals surface area contributed by atoms with Crippen LogP contribution in [-0.4, -0.2) is 18.4 Å². The molecule has 2 N–H and O–H groups in total. The maximum atomic E-state index is 11.8. The van der Waals surface area contributed by atoms with Crippen molar-refractivity contribution in [2.75, 3.05) is 11.9 Å².